The summed E-state index contributed by atoms with van der Waals surface area (Å²) in [5.74, 6) is -0.149. The summed E-state index contributed by atoms with van der Waals surface area (Å²) in [6.07, 6.45) is 2.04. The second kappa shape index (κ2) is 11.6. The number of urea groups is 1. The van der Waals surface area contributed by atoms with Gasteiger partial charge in [-0.15, -0.1) is 0 Å². The fraction of sp³-hybridized carbons (Fsp3) is 0.375. The lowest BCUT2D eigenvalue weighted by atomic mass is 10.1. The molecule has 0 unspecified atom stereocenters. The van der Waals surface area contributed by atoms with Crippen LogP contribution in [0.25, 0.3) is 10.9 Å². The van der Waals surface area contributed by atoms with Gasteiger partial charge in [-0.2, -0.15) is 0 Å². The van der Waals surface area contributed by atoms with Gasteiger partial charge in [-0.1, -0.05) is 0 Å². The smallest absolute Gasteiger partial charge is 0.319 e. The number of rotatable bonds is 11. The summed E-state index contributed by atoms with van der Waals surface area (Å²) in [5, 5.41) is 8.91. The molecule has 9 nitrogen and oxygen atoms in total. The van der Waals surface area contributed by atoms with Gasteiger partial charge in [0.25, 0.3) is 0 Å². The van der Waals surface area contributed by atoms with Gasteiger partial charge in [0.05, 0.1) is 23.1 Å². The van der Waals surface area contributed by atoms with E-state index in [1.54, 1.807) is 44.6 Å². The van der Waals surface area contributed by atoms with Crippen molar-refractivity contribution in [1.82, 2.24) is 15.3 Å². The molecule has 0 fully saturated rings. The molecule has 0 aliphatic heterocycles. The van der Waals surface area contributed by atoms with E-state index in [-0.39, 0.29) is 29.4 Å². The first kappa shape index (κ1) is 25.1. The molecule has 0 saturated heterocycles. The Morgan fingerprint density at radius 1 is 1.03 bits per heavy atom. The van der Waals surface area contributed by atoms with Crippen LogP contribution in [0.5, 0.6) is 5.75 Å². The number of amides is 2. The van der Waals surface area contributed by atoms with Crippen molar-refractivity contribution < 1.29 is 23.4 Å². The quantitative estimate of drug-likeness (QED) is 0.354. The van der Waals surface area contributed by atoms with Gasteiger partial charge in [0, 0.05) is 32.1 Å². The van der Waals surface area contributed by atoms with Gasteiger partial charge in [-0.25, -0.2) is 19.2 Å². The third-order valence-corrected chi connectivity index (χ3v) is 5.22. The summed E-state index contributed by atoms with van der Waals surface area (Å²) >= 11 is 0. The topological polar surface area (TPSA) is 107 Å². The minimum atomic E-state index is -0.552. The number of halogens is 1. The molecule has 3 N–H and O–H groups in total. The second-order valence-electron chi connectivity index (χ2n) is 8.13. The number of aromatic nitrogens is 2. The Balaban J connectivity index is 1.66. The number of hydrogen-bond acceptors (Lipinski definition) is 7. The number of methoxy groups -OCH3 is 2. The predicted molar refractivity (Wildman–Crippen MR) is 129 cm³/mol. The Hall–Kier alpha value is -3.50. The van der Waals surface area contributed by atoms with E-state index in [1.165, 1.54) is 12.4 Å². The summed E-state index contributed by atoms with van der Waals surface area (Å²) in [7, 11) is 3.19. The summed E-state index contributed by atoms with van der Waals surface area (Å²) in [4.78, 5) is 20.5. The Kier molecular flexibility index (Phi) is 8.55. The molecule has 0 aliphatic rings. The average molecular weight is 472 g/mol. The molecule has 3 aromatic rings. The fourth-order valence-electron chi connectivity index (χ4n) is 3.06. The lowest BCUT2D eigenvalue weighted by molar-refractivity contribution is 0.0165. The van der Waals surface area contributed by atoms with Crippen LogP contribution in [-0.4, -0.2) is 55.6 Å². The number of benzene rings is 2. The molecular weight excluding hydrogens is 441 g/mol. The van der Waals surface area contributed by atoms with Crippen molar-refractivity contribution in [2.75, 3.05) is 44.6 Å². The molecule has 3 rings (SSSR count). The molecule has 182 valence electrons. The molecular formula is C24H30FN5O4. The molecule has 0 saturated carbocycles. The lowest BCUT2D eigenvalue weighted by Crippen LogP contribution is -2.34. The molecule has 0 spiro atoms. The second-order valence-corrected chi connectivity index (χ2v) is 8.13. The summed E-state index contributed by atoms with van der Waals surface area (Å²) < 4.78 is 30.9. The Bertz CT molecular complexity index is 1110. The van der Waals surface area contributed by atoms with Gasteiger partial charge in [-0.3, -0.25) is 0 Å². The Morgan fingerprint density at radius 2 is 1.76 bits per heavy atom. The predicted octanol–water partition coefficient (Wildman–Crippen LogP) is 4.47. The van der Waals surface area contributed by atoms with Crippen LogP contribution in [0.1, 0.15) is 20.3 Å². The van der Waals surface area contributed by atoms with Crippen LogP contribution in [0.2, 0.25) is 0 Å². The summed E-state index contributed by atoms with van der Waals surface area (Å²) in [5.41, 5.74) is 1.42. The molecule has 1 heterocycles. The highest BCUT2D eigenvalue weighted by molar-refractivity contribution is 5.93. The molecule has 0 bridgehead atoms. The maximum absolute atomic E-state index is 15.1. The number of hydrogen-bond donors (Lipinski definition) is 3. The number of nitrogens with one attached hydrogen (secondary N) is 3. The largest absolute Gasteiger partial charge is 0.488 e. The van der Waals surface area contributed by atoms with Gasteiger partial charge in [-0.05, 0) is 56.7 Å². The van der Waals surface area contributed by atoms with E-state index in [0.29, 0.717) is 42.3 Å². The number of ether oxygens (including phenoxy) is 3. The minimum absolute atomic E-state index is 0.0989. The van der Waals surface area contributed by atoms with Crippen LogP contribution in [0, 0.1) is 5.82 Å². The molecule has 10 heteroatoms. The molecule has 2 aromatic carbocycles. The summed E-state index contributed by atoms with van der Waals surface area (Å²) in [6.45, 7) is 4.97. The fourth-order valence-corrected chi connectivity index (χ4v) is 3.06. The van der Waals surface area contributed by atoms with Crippen LogP contribution in [0.4, 0.5) is 26.4 Å². The number of fused-ring (bicyclic) bond motifs is 1. The van der Waals surface area contributed by atoms with Crippen LogP contribution in [0.3, 0.4) is 0 Å². The molecule has 0 radical (unpaired) electrons. The van der Waals surface area contributed by atoms with Crippen LogP contribution < -0.4 is 20.7 Å². The molecule has 1 aromatic heterocycles. The number of carbonyl (C=O) groups is 1. The van der Waals surface area contributed by atoms with Crippen LogP contribution in [-0.2, 0) is 9.47 Å². The van der Waals surface area contributed by atoms with Crippen molar-refractivity contribution >= 4 is 34.1 Å². The maximum atomic E-state index is 15.1. The standard InChI is InChI=1S/C24H30FN5O4/c1-24(2,33-4)11-12-26-23(31)30-17-7-5-16(6-8-17)29-22-20-18(27-15-28-22)9-10-19(21(20)25)34-14-13-32-3/h5-10,15H,11-14H2,1-4H3,(H2,26,30,31)(H,27,28,29). The van der Waals surface area contributed by atoms with Crippen LogP contribution >= 0.6 is 0 Å². The van der Waals surface area contributed by atoms with Gasteiger partial charge >= 0.3 is 6.03 Å². The van der Waals surface area contributed by atoms with E-state index in [0.717, 1.165) is 0 Å². The normalized spacial score (nSPS) is 11.3. The van der Waals surface area contributed by atoms with Crippen molar-refractivity contribution in [3.63, 3.8) is 0 Å². The van der Waals surface area contributed by atoms with E-state index in [4.69, 9.17) is 14.2 Å². The zero-order valence-electron chi connectivity index (χ0n) is 19.8. The van der Waals surface area contributed by atoms with Crippen molar-refractivity contribution in [1.29, 1.82) is 0 Å². The van der Waals surface area contributed by atoms with Crippen molar-refractivity contribution in [3.05, 3.63) is 48.5 Å². The zero-order chi connectivity index (χ0) is 24.6. The summed E-state index contributed by atoms with van der Waals surface area (Å²) in [6, 6.07) is 9.89. The molecule has 0 atom stereocenters. The zero-order valence-corrected chi connectivity index (χ0v) is 19.8. The molecule has 34 heavy (non-hydrogen) atoms. The van der Waals surface area contributed by atoms with E-state index in [2.05, 4.69) is 25.9 Å². The maximum Gasteiger partial charge on any atom is 0.319 e. The molecule has 2 amide bonds. The van der Waals surface area contributed by atoms with E-state index in [9.17, 15) is 4.79 Å². The van der Waals surface area contributed by atoms with Crippen molar-refractivity contribution in [3.8, 4) is 5.75 Å². The van der Waals surface area contributed by atoms with Gasteiger partial charge in [0.2, 0.25) is 0 Å². The first-order valence-electron chi connectivity index (χ1n) is 10.8. The minimum Gasteiger partial charge on any atom is -0.488 e. The number of anilines is 3. The third kappa shape index (κ3) is 6.75. The monoisotopic (exact) mass is 471 g/mol. The van der Waals surface area contributed by atoms with Crippen LogP contribution in [0.15, 0.2) is 42.7 Å². The Morgan fingerprint density at radius 3 is 2.47 bits per heavy atom. The third-order valence-electron chi connectivity index (χ3n) is 5.22. The Labute approximate surface area is 198 Å². The first-order valence-corrected chi connectivity index (χ1v) is 10.8. The van der Waals surface area contributed by atoms with Crippen molar-refractivity contribution in [2.45, 2.75) is 25.9 Å². The highest BCUT2D eigenvalue weighted by Crippen LogP contribution is 2.31. The van der Waals surface area contributed by atoms with Gasteiger partial charge in [0.15, 0.2) is 11.6 Å². The SMILES string of the molecule is COCCOc1ccc2ncnc(Nc3ccc(NC(=O)NCCC(C)(C)OC)cc3)c2c1F. The average Bonchev–Trinajstić information content (AvgIpc) is 2.82. The van der Waals surface area contributed by atoms with E-state index in [1.807, 2.05) is 13.8 Å². The first-order chi connectivity index (χ1) is 16.3. The van der Waals surface area contributed by atoms with Crippen molar-refractivity contribution in [2.24, 2.45) is 0 Å². The number of carbonyl (C=O) groups excluding carboxylic acids is 1. The van der Waals surface area contributed by atoms with Gasteiger partial charge in [0.1, 0.15) is 18.8 Å². The van der Waals surface area contributed by atoms with E-state index >= 15 is 4.39 Å². The number of nitrogens with zero attached hydrogens (tertiary/aromatic N) is 2. The van der Waals surface area contributed by atoms with E-state index < -0.39 is 5.82 Å². The molecule has 0 aliphatic carbocycles. The highest BCUT2D eigenvalue weighted by atomic mass is 19.1. The van der Waals surface area contributed by atoms with Gasteiger partial charge < -0.3 is 30.2 Å². The highest BCUT2D eigenvalue weighted by Gasteiger charge is 2.16. The lowest BCUT2D eigenvalue weighted by Gasteiger charge is -2.22.